The van der Waals surface area contributed by atoms with Crippen molar-refractivity contribution in [1.29, 1.82) is 0 Å². The predicted molar refractivity (Wildman–Crippen MR) is 128 cm³/mol. The second-order valence-corrected chi connectivity index (χ2v) is 12.0. The van der Waals surface area contributed by atoms with Crippen LogP contribution in [0.25, 0.3) is 0 Å². The van der Waals surface area contributed by atoms with Gasteiger partial charge in [-0.05, 0) is 27.7 Å². The van der Waals surface area contributed by atoms with Gasteiger partial charge in [-0.1, -0.05) is 0 Å². The highest BCUT2D eigenvalue weighted by Crippen LogP contribution is 2.49. The molecule has 0 unspecified atom stereocenters. The minimum absolute atomic E-state index is 0.0548. The maximum atomic E-state index is 13.2. The SMILES string of the molecule is CCOP(=O)(CN1CCN(CP(=O)(OCC)OCC)CCN2CCN(CC1)C(=O)C2=O)OCC. The first-order chi connectivity index (χ1) is 16.2. The van der Waals surface area contributed by atoms with E-state index in [1.807, 2.05) is 9.80 Å². The summed E-state index contributed by atoms with van der Waals surface area (Å²) in [7, 11) is -6.74. The van der Waals surface area contributed by atoms with Gasteiger partial charge in [-0.25, -0.2) is 0 Å². The van der Waals surface area contributed by atoms with Gasteiger partial charge in [0.2, 0.25) is 0 Å². The number of hydrogen-bond acceptors (Lipinski definition) is 10. The maximum absolute atomic E-state index is 13.2. The topological polar surface area (TPSA) is 118 Å². The summed E-state index contributed by atoms with van der Waals surface area (Å²) in [4.78, 5) is 32.1. The summed E-state index contributed by atoms with van der Waals surface area (Å²) in [5, 5.41) is 0. The zero-order valence-electron chi connectivity index (χ0n) is 20.8. The Morgan fingerprint density at radius 2 is 0.824 bits per heavy atom. The molecule has 0 aromatic rings. The summed E-state index contributed by atoms with van der Waals surface area (Å²) >= 11 is 0. The Labute approximate surface area is 202 Å². The summed E-state index contributed by atoms with van der Waals surface area (Å²) < 4.78 is 48.2. The number of nitrogens with zero attached hydrogens (tertiary/aromatic N) is 4. The molecule has 3 heterocycles. The van der Waals surface area contributed by atoms with Crippen LogP contribution in [0, 0.1) is 0 Å². The molecular weight excluding hydrogens is 486 g/mol. The Morgan fingerprint density at radius 1 is 0.559 bits per heavy atom. The fourth-order valence-electron chi connectivity index (χ4n) is 3.97. The molecule has 0 aromatic heterocycles. The van der Waals surface area contributed by atoms with Crippen LogP contribution in [0.5, 0.6) is 0 Å². The Balaban J connectivity index is 2.26. The fraction of sp³-hybridized carbons (Fsp3) is 0.900. The lowest BCUT2D eigenvalue weighted by Crippen LogP contribution is -2.57. The minimum atomic E-state index is -3.37. The molecule has 0 N–H and O–H groups in total. The van der Waals surface area contributed by atoms with Crippen molar-refractivity contribution in [1.82, 2.24) is 19.6 Å². The summed E-state index contributed by atoms with van der Waals surface area (Å²) in [5.74, 6) is -1.07. The number of carbonyl (C=O) groups is 2. The number of fused-ring (bicyclic) bond motifs is 9. The molecule has 3 aliphatic heterocycles. The molecular formula is C20H40N4O8P2. The molecule has 34 heavy (non-hydrogen) atoms. The van der Waals surface area contributed by atoms with Crippen LogP contribution >= 0.6 is 15.2 Å². The first-order valence-corrected chi connectivity index (χ1v) is 15.4. The standard InChI is InChI=1S/C20H40N4O8P2/c1-5-29-33(27,30-6-2)17-21-9-10-22(18-34(28,31-7-3)32-8-4)12-14-24-16-15-23(13-11-21)19(25)20(24)26/h5-18H2,1-4H3. The van der Waals surface area contributed by atoms with Gasteiger partial charge in [0.1, 0.15) is 12.6 Å². The lowest BCUT2D eigenvalue weighted by molar-refractivity contribution is -0.156. The predicted octanol–water partition coefficient (Wildman–Crippen LogP) is 1.72. The summed E-state index contributed by atoms with van der Waals surface area (Å²) in [6.07, 6.45) is 0.110. The molecule has 0 spiro atoms. The van der Waals surface area contributed by atoms with Crippen molar-refractivity contribution in [2.75, 3.05) is 91.4 Å². The second kappa shape index (κ2) is 14.0. The zero-order chi connectivity index (χ0) is 25.2. The van der Waals surface area contributed by atoms with E-state index in [1.165, 1.54) is 9.80 Å². The number of hydrogen-bond donors (Lipinski definition) is 0. The van der Waals surface area contributed by atoms with E-state index in [1.54, 1.807) is 27.7 Å². The average Bonchev–Trinajstić information content (AvgIpc) is 2.76. The number of amides is 2. The summed E-state index contributed by atoms with van der Waals surface area (Å²) in [5.41, 5.74) is 0. The first kappa shape index (κ1) is 29.4. The van der Waals surface area contributed by atoms with Crippen LogP contribution in [0.4, 0.5) is 0 Å². The van der Waals surface area contributed by atoms with Crippen molar-refractivity contribution in [3.05, 3.63) is 0 Å². The molecule has 0 aromatic carbocycles. The van der Waals surface area contributed by atoms with Crippen LogP contribution < -0.4 is 0 Å². The van der Waals surface area contributed by atoms with Gasteiger partial charge in [0.25, 0.3) is 0 Å². The first-order valence-electron chi connectivity index (χ1n) is 12.0. The third-order valence-electron chi connectivity index (χ3n) is 5.55. The zero-order valence-corrected chi connectivity index (χ0v) is 22.6. The van der Waals surface area contributed by atoms with E-state index < -0.39 is 27.0 Å². The molecule has 0 aliphatic carbocycles. The van der Waals surface area contributed by atoms with Gasteiger partial charge in [-0.2, -0.15) is 0 Å². The van der Waals surface area contributed by atoms with Gasteiger partial charge >= 0.3 is 27.0 Å². The molecule has 3 saturated heterocycles. The largest absolute Gasteiger partial charge is 0.344 e. The smallest absolute Gasteiger partial charge is 0.331 e. The van der Waals surface area contributed by atoms with Crippen molar-refractivity contribution >= 4 is 27.0 Å². The van der Waals surface area contributed by atoms with Gasteiger partial charge < -0.3 is 27.9 Å². The third kappa shape index (κ3) is 8.68. The molecule has 2 bridgehead atoms. The number of carbonyl (C=O) groups excluding carboxylic acids is 2. The van der Waals surface area contributed by atoms with Crippen LogP contribution in [-0.2, 0) is 36.8 Å². The van der Waals surface area contributed by atoms with Crippen molar-refractivity contribution < 1.29 is 36.8 Å². The van der Waals surface area contributed by atoms with Crippen LogP contribution in [0.1, 0.15) is 27.7 Å². The molecule has 0 radical (unpaired) electrons. The number of rotatable bonds is 12. The highest BCUT2D eigenvalue weighted by Gasteiger charge is 2.35. The van der Waals surface area contributed by atoms with E-state index in [9.17, 15) is 18.7 Å². The normalized spacial score (nSPS) is 20.0. The Morgan fingerprint density at radius 3 is 1.12 bits per heavy atom. The second-order valence-electron chi connectivity index (χ2n) is 8.00. The lowest BCUT2D eigenvalue weighted by Gasteiger charge is -2.38. The van der Waals surface area contributed by atoms with Crippen molar-refractivity contribution in [3.8, 4) is 0 Å². The quantitative estimate of drug-likeness (QED) is 0.275. The molecule has 3 rings (SSSR count). The van der Waals surface area contributed by atoms with E-state index in [4.69, 9.17) is 18.1 Å². The Bertz CT molecular complexity index is 689. The molecule has 0 atom stereocenters. The number of piperazine rings is 1. The summed E-state index contributed by atoms with van der Waals surface area (Å²) in [6.45, 7) is 11.3. The fourth-order valence-corrected chi connectivity index (χ4v) is 7.56. The van der Waals surface area contributed by atoms with Crippen LogP contribution in [0.3, 0.4) is 0 Å². The average molecular weight is 527 g/mol. The third-order valence-corrected chi connectivity index (χ3v) is 9.65. The van der Waals surface area contributed by atoms with E-state index in [-0.39, 0.29) is 39.0 Å². The molecule has 198 valence electrons. The van der Waals surface area contributed by atoms with Crippen molar-refractivity contribution in [2.24, 2.45) is 0 Å². The van der Waals surface area contributed by atoms with Gasteiger partial charge in [-0.3, -0.25) is 28.5 Å². The summed E-state index contributed by atoms with van der Waals surface area (Å²) in [6, 6.07) is 0. The van der Waals surface area contributed by atoms with Gasteiger partial charge in [0.15, 0.2) is 0 Å². The van der Waals surface area contributed by atoms with E-state index >= 15 is 0 Å². The van der Waals surface area contributed by atoms with Gasteiger partial charge in [0.05, 0.1) is 26.4 Å². The molecule has 2 amide bonds. The molecule has 14 heteroatoms. The van der Waals surface area contributed by atoms with Crippen LogP contribution in [0.2, 0.25) is 0 Å². The molecule has 0 saturated carbocycles. The Kier molecular flexibility index (Phi) is 12.1. The van der Waals surface area contributed by atoms with Crippen LogP contribution in [-0.4, -0.2) is 123 Å². The highest BCUT2D eigenvalue weighted by atomic mass is 31.2. The van der Waals surface area contributed by atoms with E-state index in [0.717, 1.165) is 0 Å². The van der Waals surface area contributed by atoms with Crippen molar-refractivity contribution in [3.63, 3.8) is 0 Å². The molecule has 3 aliphatic rings. The highest BCUT2D eigenvalue weighted by molar-refractivity contribution is 7.54. The van der Waals surface area contributed by atoms with Crippen LogP contribution in [0.15, 0.2) is 0 Å². The molecule has 3 fully saturated rings. The van der Waals surface area contributed by atoms with E-state index in [2.05, 4.69) is 0 Å². The Hall–Kier alpha value is -0.840. The lowest BCUT2D eigenvalue weighted by atomic mass is 10.2. The monoisotopic (exact) mass is 526 g/mol. The van der Waals surface area contributed by atoms with Crippen molar-refractivity contribution in [2.45, 2.75) is 27.7 Å². The molecule has 12 nitrogen and oxygen atoms in total. The van der Waals surface area contributed by atoms with Gasteiger partial charge in [0, 0.05) is 52.4 Å². The minimum Gasteiger partial charge on any atom is -0.331 e. The van der Waals surface area contributed by atoms with Gasteiger partial charge in [-0.15, -0.1) is 0 Å². The maximum Gasteiger partial charge on any atom is 0.344 e. The van der Waals surface area contributed by atoms with E-state index in [0.29, 0.717) is 52.4 Å².